The third kappa shape index (κ3) is 4.21. The van der Waals surface area contributed by atoms with Crippen LogP contribution in [0, 0.1) is 6.92 Å². The Morgan fingerprint density at radius 3 is 2.67 bits per heavy atom. The lowest BCUT2D eigenvalue weighted by atomic mass is 10.2. The molecule has 0 fully saturated rings. The first-order valence-electron chi connectivity index (χ1n) is 4.72. The van der Waals surface area contributed by atoms with Crippen LogP contribution in [0.2, 0.25) is 0 Å². The fraction of sp³-hybridized carbons (Fsp3) is 0.300. The smallest absolute Gasteiger partial charge is 0.312 e. The van der Waals surface area contributed by atoms with Gasteiger partial charge < -0.3 is 22.1 Å². The van der Waals surface area contributed by atoms with Crippen LogP contribution in [-0.2, 0) is 0 Å². The number of hydrogen-bond donors (Lipinski definition) is 4. The zero-order valence-corrected chi connectivity index (χ0v) is 8.71. The minimum Gasteiger partial charge on any atom is -0.399 e. The van der Waals surface area contributed by atoms with Crippen LogP contribution in [0.25, 0.3) is 0 Å². The van der Waals surface area contributed by atoms with E-state index in [-0.39, 0.29) is 0 Å². The van der Waals surface area contributed by atoms with Crippen molar-refractivity contribution in [1.29, 1.82) is 0 Å². The molecule has 0 bridgehead atoms. The van der Waals surface area contributed by atoms with Gasteiger partial charge in [0.05, 0.1) is 0 Å². The molecule has 1 aromatic rings. The molecule has 1 aromatic carbocycles. The van der Waals surface area contributed by atoms with Crippen LogP contribution >= 0.6 is 0 Å². The van der Waals surface area contributed by atoms with Crippen molar-refractivity contribution in [3.63, 3.8) is 0 Å². The Morgan fingerprint density at radius 2 is 2.07 bits per heavy atom. The summed E-state index contributed by atoms with van der Waals surface area (Å²) in [5, 5.41) is 5.62. The van der Waals surface area contributed by atoms with Crippen LogP contribution in [0.4, 0.5) is 16.2 Å². The summed E-state index contributed by atoms with van der Waals surface area (Å²) in [7, 11) is 0. The van der Waals surface area contributed by atoms with Crippen LogP contribution in [-0.4, -0.2) is 19.1 Å². The molecule has 0 heterocycles. The van der Waals surface area contributed by atoms with Gasteiger partial charge in [-0.05, 0) is 30.7 Å². The molecule has 0 saturated carbocycles. The van der Waals surface area contributed by atoms with E-state index >= 15 is 0 Å². The number of aryl methyl sites for hydroxylation is 1. The summed E-state index contributed by atoms with van der Waals surface area (Å²) in [4.78, 5) is 10.4. The first-order valence-corrected chi connectivity index (χ1v) is 4.72. The van der Waals surface area contributed by atoms with Gasteiger partial charge in [-0.3, -0.25) is 0 Å². The number of nitrogens with two attached hydrogens (primary N) is 2. The molecule has 0 unspecified atom stereocenters. The van der Waals surface area contributed by atoms with Crippen LogP contribution < -0.4 is 22.1 Å². The van der Waals surface area contributed by atoms with E-state index in [9.17, 15) is 4.79 Å². The van der Waals surface area contributed by atoms with E-state index in [0.29, 0.717) is 13.1 Å². The minimum absolute atomic E-state index is 0.489. The quantitative estimate of drug-likeness (QED) is 0.432. The van der Waals surface area contributed by atoms with E-state index in [1.165, 1.54) is 0 Å². The molecule has 1 rings (SSSR count). The number of primary amides is 1. The molecule has 0 radical (unpaired) electrons. The largest absolute Gasteiger partial charge is 0.399 e. The van der Waals surface area contributed by atoms with Gasteiger partial charge >= 0.3 is 6.03 Å². The van der Waals surface area contributed by atoms with Crippen LogP contribution in [0.1, 0.15) is 5.56 Å². The molecule has 15 heavy (non-hydrogen) atoms. The SMILES string of the molecule is Cc1cc(N)cc(NCCNC(N)=O)c1. The van der Waals surface area contributed by atoms with Crippen molar-refractivity contribution < 1.29 is 4.79 Å². The van der Waals surface area contributed by atoms with Crippen molar-refractivity contribution in [3.8, 4) is 0 Å². The van der Waals surface area contributed by atoms with E-state index in [2.05, 4.69) is 10.6 Å². The number of anilines is 2. The average molecular weight is 208 g/mol. The number of carbonyl (C=O) groups is 1. The Labute approximate surface area is 88.8 Å². The second-order valence-electron chi connectivity index (χ2n) is 3.35. The van der Waals surface area contributed by atoms with E-state index in [4.69, 9.17) is 11.5 Å². The summed E-state index contributed by atoms with van der Waals surface area (Å²) in [6, 6.07) is 5.21. The summed E-state index contributed by atoms with van der Waals surface area (Å²) >= 11 is 0. The van der Waals surface area contributed by atoms with Crippen molar-refractivity contribution >= 4 is 17.4 Å². The highest BCUT2D eigenvalue weighted by molar-refractivity contribution is 5.71. The Morgan fingerprint density at radius 1 is 1.33 bits per heavy atom. The number of benzene rings is 1. The molecule has 0 aliphatic heterocycles. The molecule has 0 aromatic heterocycles. The number of carbonyl (C=O) groups excluding carboxylic acids is 1. The van der Waals surface area contributed by atoms with E-state index in [0.717, 1.165) is 16.9 Å². The number of rotatable bonds is 4. The third-order valence-corrected chi connectivity index (χ3v) is 1.85. The van der Waals surface area contributed by atoms with Crippen molar-refractivity contribution in [2.75, 3.05) is 24.1 Å². The minimum atomic E-state index is -0.513. The molecular weight excluding hydrogens is 192 g/mol. The van der Waals surface area contributed by atoms with Gasteiger partial charge in [-0.1, -0.05) is 0 Å². The summed E-state index contributed by atoms with van der Waals surface area (Å²) in [5.74, 6) is 0. The maximum Gasteiger partial charge on any atom is 0.312 e. The molecule has 0 atom stereocenters. The number of nitrogen functional groups attached to an aromatic ring is 1. The normalized spacial score (nSPS) is 9.67. The lowest BCUT2D eigenvalue weighted by molar-refractivity contribution is 0.249. The monoisotopic (exact) mass is 208 g/mol. The van der Waals surface area contributed by atoms with Gasteiger partial charge in [0, 0.05) is 24.5 Å². The highest BCUT2D eigenvalue weighted by Gasteiger charge is 1.95. The topological polar surface area (TPSA) is 93.2 Å². The lowest BCUT2D eigenvalue weighted by Gasteiger charge is -2.08. The Balaban J connectivity index is 2.40. The molecule has 0 saturated heterocycles. The van der Waals surface area contributed by atoms with Crippen molar-refractivity contribution in [2.45, 2.75) is 6.92 Å². The summed E-state index contributed by atoms with van der Waals surface area (Å²) < 4.78 is 0. The van der Waals surface area contributed by atoms with Gasteiger partial charge in [-0.15, -0.1) is 0 Å². The fourth-order valence-electron chi connectivity index (χ4n) is 1.31. The number of hydrogen-bond acceptors (Lipinski definition) is 3. The van der Waals surface area contributed by atoms with E-state index in [1.54, 1.807) is 0 Å². The first kappa shape index (κ1) is 11.2. The Bertz CT molecular complexity index is 331. The molecule has 5 heteroatoms. The standard InChI is InChI=1S/C10H16N4O/c1-7-4-8(11)6-9(5-7)13-2-3-14-10(12)15/h4-6,13H,2-3,11H2,1H3,(H3,12,14,15). The number of amides is 2. The van der Waals surface area contributed by atoms with Crippen LogP contribution in [0.3, 0.4) is 0 Å². The van der Waals surface area contributed by atoms with Crippen molar-refractivity contribution in [3.05, 3.63) is 23.8 Å². The first-order chi connectivity index (χ1) is 7.08. The third-order valence-electron chi connectivity index (χ3n) is 1.85. The zero-order chi connectivity index (χ0) is 11.3. The maximum atomic E-state index is 10.4. The second-order valence-corrected chi connectivity index (χ2v) is 3.35. The molecular formula is C10H16N4O. The van der Waals surface area contributed by atoms with Crippen molar-refractivity contribution in [1.82, 2.24) is 5.32 Å². The summed E-state index contributed by atoms with van der Waals surface area (Å²) in [5.41, 5.74) is 13.4. The van der Waals surface area contributed by atoms with Gasteiger partial charge in [0.2, 0.25) is 0 Å². The highest BCUT2D eigenvalue weighted by Crippen LogP contribution is 2.15. The van der Waals surface area contributed by atoms with Gasteiger partial charge in [0.1, 0.15) is 0 Å². The van der Waals surface area contributed by atoms with Gasteiger partial charge in [-0.2, -0.15) is 0 Å². The molecule has 0 spiro atoms. The maximum absolute atomic E-state index is 10.4. The Hall–Kier alpha value is -1.91. The van der Waals surface area contributed by atoms with E-state index < -0.39 is 6.03 Å². The highest BCUT2D eigenvalue weighted by atomic mass is 16.2. The van der Waals surface area contributed by atoms with Gasteiger partial charge in [0.15, 0.2) is 0 Å². The predicted molar refractivity (Wildman–Crippen MR) is 61.7 cm³/mol. The van der Waals surface area contributed by atoms with Crippen LogP contribution in [0.15, 0.2) is 18.2 Å². The predicted octanol–water partition coefficient (Wildman–Crippen LogP) is 0.657. The summed E-state index contributed by atoms with van der Waals surface area (Å²) in [6.45, 7) is 3.08. The molecule has 0 aliphatic carbocycles. The lowest BCUT2D eigenvalue weighted by Crippen LogP contribution is -2.33. The molecule has 0 aliphatic rings. The Kier molecular flexibility index (Phi) is 3.79. The number of nitrogens with one attached hydrogen (secondary N) is 2. The zero-order valence-electron chi connectivity index (χ0n) is 8.71. The molecule has 82 valence electrons. The fourth-order valence-corrected chi connectivity index (χ4v) is 1.31. The van der Waals surface area contributed by atoms with Crippen LogP contribution in [0.5, 0.6) is 0 Å². The van der Waals surface area contributed by atoms with Crippen molar-refractivity contribution in [2.24, 2.45) is 5.73 Å². The average Bonchev–Trinajstić information content (AvgIpc) is 2.10. The van der Waals surface area contributed by atoms with E-state index in [1.807, 2.05) is 25.1 Å². The molecule has 6 N–H and O–H groups in total. The summed E-state index contributed by atoms with van der Waals surface area (Å²) in [6.07, 6.45) is 0. The van der Waals surface area contributed by atoms with Gasteiger partial charge in [-0.25, -0.2) is 4.79 Å². The number of urea groups is 1. The second kappa shape index (κ2) is 5.09. The van der Waals surface area contributed by atoms with Gasteiger partial charge in [0.25, 0.3) is 0 Å². The molecule has 5 nitrogen and oxygen atoms in total. The molecule has 2 amide bonds.